The van der Waals surface area contributed by atoms with Crippen LogP contribution in [-0.2, 0) is 19.1 Å². The van der Waals surface area contributed by atoms with Gasteiger partial charge in [-0.2, -0.15) is 0 Å². The van der Waals surface area contributed by atoms with Crippen LogP contribution < -0.4 is 5.32 Å². The number of aliphatic carboxylic acids is 1. The highest BCUT2D eigenvalue weighted by molar-refractivity contribution is 5.79. The van der Waals surface area contributed by atoms with Gasteiger partial charge in [-0.15, -0.1) is 0 Å². The van der Waals surface area contributed by atoms with Crippen LogP contribution in [0.2, 0.25) is 0 Å². The van der Waals surface area contributed by atoms with Gasteiger partial charge in [-0.1, -0.05) is 6.92 Å². The molecule has 0 saturated heterocycles. The number of methoxy groups -OCH3 is 1. The maximum absolute atomic E-state index is 11.5. The Morgan fingerprint density at radius 1 is 1.41 bits per heavy atom. The molecule has 0 aliphatic rings. The van der Waals surface area contributed by atoms with Crippen molar-refractivity contribution < 1.29 is 24.2 Å². The molecule has 0 saturated carbocycles. The van der Waals surface area contributed by atoms with Crippen molar-refractivity contribution >= 4 is 11.9 Å². The summed E-state index contributed by atoms with van der Waals surface area (Å²) < 4.78 is 9.99. The zero-order valence-corrected chi connectivity index (χ0v) is 10.6. The fourth-order valence-corrected chi connectivity index (χ4v) is 1.47. The van der Waals surface area contributed by atoms with Gasteiger partial charge in [-0.05, 0) is 13.3 Å². The van der Waals surface area contributed by atoms with E-state index < -0.39 is 11.5 Å². The molecule has 0 aliphatic carbocycles. The van der Waals surface area contributed by atoms with E-state index in [0.717, 1.165) is 6.42 Å². The molecule has 0 fully saturated rings. The van der Waals surface area contributed by atoms with Crippen molar-refractivity contribution in [2.24, 2.45) is 0 Å². The highest BCUT2D eigenvalue weighted by Crippen LogP contribution is 2.10. The first-order valence-corrected chi connectivity index (χ1v) is 5.53. The van der Waals surface area contributed by atoms with Crippen LogP contribution in [0.1, 0.15) is 26.7 Å². The van der Waals surface area contributed by atoms with E-state index in [0.29, 0.717) is 6.61 Å². The highest BCUT2D eigenvalue weighted by Gasteiger charge is 2.29. The Morgan fingerprint density at radius 3 is 2.53 bits per heavy atom. The molecule has 1 atom stereocenters. The van der Waals surface area contributed by atoms with Crippen LogP contribution in [-0.4, -0.2) is 49.5 Å². The molecule has 0 bridgehead atoms. The van der Waals surface area contributed by atoms with Crippen molar-refractivity contribution in [1.29, 1.82) is 0 Å². The molecule has 6 heteroatoms. The second-order valence-electron chi connectivity index (χ2n) is 4.16. The quantitative estimate of drug-likeness (QED) is 0.576. The number of carbonyl (C=O) groups excluding carboxylic acids is 1. The van der Waals surface area contributed by atoms with Gasteiger partial charge in [0.1, 0.15) is 6.61 Å². The molecule has 2 N–H and O–H groups in total. The van der Waals surface area contributed by atoms with Crippen molar-refractivity contribution in [3.63, 3.8) is 0 Å². The summed E-state index contributed by atoms with van der Waals surface area (Å²) in [5.41, 5.74) is -0.909. The van der Waals surface area contributed by atoms with Crippen LogP contribution in [0.25, 0.3) is 0 Å². The smallest absolute Gasteiger partial charge is 0.305 e. The average Bonchev–Trinajstić information content (AvgIpc) is 2.16. The largest absolute Gasteiger partial charge is 0.481 e. The van der Waals surface area contributed by atoms with E-state index in [9.17, 15) is 9.59 Å². The van der Waals surface area contributed by atoms with Crippen molar-refractivity contribution in [2.75, 3.05) is 26.9 Å². The summed E-state index contributed by atoms with van der Waals surface area (Å²) in [5.74, 6) is -1.32. The molecule has 1 amide bonds. The lowest BCUT2D eigenvalue weighted by molar-refractivity contribution is -0.140. The van der Waals surface area contributed by atoms with Gasteiger partial charge in [0.05, 0.1) is 18.6 Å². The van der Waals surface area contributed by atoms with Crippen LogP contribution in [0.15, 0.2) is 0 Å². The SMILES string of the molecule is CCCOCC(=O)NC(C)(COC)CC(=O)O. The predicted molar refractivity (Wildman–Crippen MR) is 61.8 cm³/mol. The number of carboxylic acids is 1. The summed E-state index contributed by atoms with van der Waals surface area (Å²) in [6, 6.07) is 0. The molecule has 0 radical (unpaired) electrons. The number of carboxylic acid groups (broad SMARTS) is 1. The molecule has 6 nitrogen and oxygen atoms in total. The Bertz CT molecular complexity index is 256. The minimum absolute atomic E-state index is 0.0627. The second-order valence-corrected chi connectivity index (χ2v) is 4.16. The fraction of sp³-hybridized carbons (Fsp3) is 0.818. The van der Waals surface area contributed by atoms with Crippen LogP contribution in [0.3, 0.4) is 0 Å². The second kappa shape index (κ2) is 8.03. The molecular weight excluding hydrogens is 226 g/mol. The molecule has 0 heterocycles. The number of carbonyl (C=O) groups is 2. The van der Waals surface area contributed by atoms with Crippen LogP contribution >= 0.6 is 0 Å². The first-order chi connectivity index (χ1) is 7.93. The van der Waals surface area contributed by atoms with Crippen molar-refractivity contribution in [1.82, 2.24) is 5.32 Å². The van der Waals surface area contributed by atoms with Crippen LogP contribution in [0.4, 0.5) is 0 Å². The van der Waals surface area contributed by atoms with Gasteiger partial charge in [0.2, 0.25) is 5.91 Å². The Kier molecular flexibility index (Phi) is 7.49. The molecule has 0 aromatic carbocycles. The Hall–Kier alpha value is -1.14. The van der Waals surface area contributed by atoms with E-state index in [-0.39, 0.29) is 25.5 Å². The van der Waals surface area contributed by atoms with Gasteiger partial charge in [0.15, 0.2) is 0 Å². The van der Waals surface area contributed by atoms with E-state index in [1.807, 2.05) is 6.92 Å². The first kappa shape index (κ1) is 15.9. The molecule has 0 rings (SSSR count). The van der Waals surface area contributed by atoms with Crippen LogP contribution in [0, 0.1) is 0 Å². The van der Waals surface area contributed by atoms with Crippen molar-refractivity contribution in [3.05, 3.63) is 0 Å². The first-order valence-electron chi connectivity index (χ1n) is 5.53. The van der Waals surface area contributed by atoms with Crippen LogP contribution in [0.5, 0.6) is 0 Å². The summed E-state index contributed by atoms with van der Waals surface area (Å²) in [4.78, 5) is 22.2. The molecular formula is C11H21NO5. The number of hydrogen-bond acceptors (Lipinski definition) is 4. The van der Waals surface area contributed by atoms with E-state index in [1.165, 1.54) is 7.11 Å². The Labute approximate surface area is 101 Å². The lowest BCUT2D eigenvalue weighted by Crippen LogP contribution is -2.51. The van der Waals surface area contributed by atoms with Gasteiger partial charge in [0, 0.05) is 13.7 Å². The number of ether oxygens (including phenoxy) is 2. The lowest BCUT2D eigenvalue weighted by atomic mass is 9.99. The highest BCUT2D eigenvalue weighted by atomic mass is 16.5. The Morgan fingerprint density at radius 2 is 2.06 bits per heavy atom. The molecule has 0 aliphatic heterocycles. The third-order valence-corrected chi connectivity index (χ3v) is 2.03. The summed E-state index contributed by atoms with van der Waals surface area (Å²) in [6.07, 6.45) is 0.637. The number of hydrogen-bond donors (Lipinski definition) is 2. The predicted octanol–water partition coefficient (Wildman–Crippen LogP) is 0.409. The van der Waals surface area contributed by atoms with E-state index in [2.05, 4.69) is 5.32 Å². The summed E-state index contributed by atoms with van der Waals surface area (Å²) in [7, 11) is 1.46. The number of amides is 1. The van der Waals surface area contributed by atoms with Gasteiger partial charge in [0.25, 0.3) is 0 Å². The molecule has 17 heavy (non-hydrogen) atoms. The van der Waals surface area contributed by atoms with Crippen molar-refractivity contribution in [3.8, 4) is 0 Å². The number of nitrogens with one attached hydrogen (secondary N) is 1. The zero-order chi connectivity index (χ0) is 13.3. The van der Waals surface area contributed by atoms with Gasteiger partial charge in [-0.3, -0.25) is 9.59 Å². The average molecular weight is 247 g/mol. The van der Waals surface area contributed by atoms with Gasteiger partial charge >= 0.3 is 5.97 Å². The minimum Gasteiger partial charge on any atom is -0.481 e. The maximum Gasteiger partial charge on any atom is 0.305 e. The lowest BCUT2D eigenvalue weighted by Gasteiger charge is -2.28. The van der Waals surface area contributed by atoms with E-state index in [1.54, 1.807) is 6.92 Å². The normalized spacial score (nSPS) is 14.1. The number of rotatable bonds is 9. The molecule has 0 aromatic rings. The molecule has 1 unspecified atom stereocenters. The Balaban J connectivity index is 4.22. The molecule has 0 spiro atoms. The summed E-state index contributed by atoms with van der Waals surface area (Å²) in [5, 5.41) is 11.4. The zero-order valence-electron chi connectivity index (χ0n) is 10.6. The standard InChI is InChI=1S/C11H21NO5/c1-4-5-17-7-9(13)12-11(2,8-16-3)6-10(14)15/h4-8H2,1-3H3,(H,12,13)(H,14,15). The summed E-state index contributed by atoms with van der Waals surface area (Å²) in [6.45, 7) is 4.15. The topological polar surface area (TPSA) is 84.9 Å². The molecule has 100 valence electrons. The van der Waals surface area contributed by atoms with E-state index >= 15 is 0 Å². The molecule has 0 aromatic heterocycles. The monoisotopic (exact) mass is 247 g/mol. The van der Waals surface area contributed by atoms with Crippen molar-refractivity contribution in [2.45, 2.75) is 32.2 Å². The summed E-state index contributed by atoms with van der Waals surface area (Å²) >= 11 is 0. The maximum atomic E-state index is 11.5. The fourth-order valence-electron chi connectivity index (χ4n) is 1.47. The minimum atomic E-state index is -0.987. The van der Waals surface area contributed by atoms with Gasteiger partial charge < -0.3 is 19.9 Å². The third kappa shape index (κ3) is 7.70. The van der Waals surface area contributed by atoms with E-state index in [4.69, 9.17) is 14.6 Å². The third-order valence-electron chi connectivity index (χ3n) is 2.03. The van der Waals surface area contributed by atoms with Gasteiger partial charge in [-0.25, -0.2) is 0 Å².